The Morgan fingerprint density at radius 1 is 1.40 bits per heavy atom. The van der Waals surface area contributed by atoms with E-state index in [1.165, 1.54) is 25.1 Å². The molecule has 0 radical (unpaired) electrons. The van der Waals surface area contributed by atoms with Crippen molar-refractivity contribution in [1.82, 2.24) is 10.2 Å². The van der Waals surface area contributed by atoms with Gasteiger partial charge in [0.2, 0.25) is 0 Å². The van der Waals surface area contributed by atoms with Gasteiger partial charge in [-0.2, -0.15) is 0 Å². The number of rotatable bonds is 3. The molecular formula is C12H17FN2. The second kappa shape index (κ2) is 4.73. The molecule has 0 aromatic heterocycles. The monoisotopic (exact) mass is 208 g/mol. The van der Waals surface area contributed by atoms with Crippen molar-refractivity contribution in [2.45, 2.75) is 19.0 Å². The van der Waals surface area contributed by atoms with E-state index in [1.807, 2.05) is 12.1 Å². The number of likely N-dealkylation sites (N-methyl/N-ethyl adjacent to an activating group) is 1. The summed E-state index contributed by atoms with van der Waals surface area (Å²) in [5.74, 6) is -0.167. The van der Waals surface area contributed by atoms with E-state index in [9.17, 15) is 4.39 Å². The molecule has 0 bridgehead atoms. The fourth-order valence-electron chi connectivity index (χ4n) is 1.97. The maximum Gasteiger partial charge on any atom is 0.123 e. The molecular weight excluding hydrogens is 191 g/mol. The Bertz CT molecular complexity index is 310. The lowest BCUT2D eigenvalue weighted by atomic mass is 10.2. The molecule has 2 nitrogen and oxygen atoms in total. The van der Waals surface area contributed by atoms with Gasteiger partial charge in [0.15, 0.2) is 0 Å². The Morgan fingerprint density at radius 3 is 2.73 bits per heavy atom. The van der Waals surface area contributed by atoms with Crippen molar-refractivity contribution in [3.63, 3.8) is 0 Å². The Kier molecular flexibility index (Phi) is 3.34. The molecule has 0 amide bonds. The average molecular weight is 208 g/mol. The van der Waals surface area contributed by atoms with Gasteiger partial charge in [0.1, 0.15) is 5.82 Å². The fraction of sp³-hybridized carbons (Fsp3) is 0.500. The predicted octanol–water partition coefficient (Wildman–Crippen LogP) is 1.62. The summed E-state index contributed by atoms with van der Waals surface area (Å²) >= 11 is 0. The van der Waals surface area contributed by atoms with Gasteiger partial charge >= 0.3 is 0 Å². The first-order chi connectivity index (χ1) is 7.24. The SMILES string of the molecule is CN1CC[C@H](NCc2ccc(F)cc2)C1. The van der Waals surface area contributed by atoms with Crippen molar-refractivity contribution in [2.24, 2.45) is 0 Å². The topological polar surface area (TPSA) is 15.3 Å². The minimum absolute atomic E-state index is 0.167. The van der Waals surface area contributed by atoms with E-state index in [0.29, 0.717) is 6.04 Å². The van der Waals surface area contributed by atoms with Gasteiger partial charge < -0.3 is 10.2 Å². The maximum atomic E-state index is 12.7. The van der Waals surface area contributed by atoms with Crippen LogP contribution in [-0.4, -0.2) is 31.1 Å². The summed E-state index contributed by atoms with van der Waals surface area (Å²) in [5.41, 5.74) is 1.14. The summed E-state index contributed by atoms with van der Waals surface area (Å²) in [6, 6.07) is 7.28. The molecule has 0 saturated carbocycles. The molecule has 2 rings (SSSR count). The third-order valence-corrected chi connectivity index (χ3v) is 2.90. The lowest BCUT2D eigenvalue weighted by Gasteiger charge is -2.12. The van der Waals surface area contributed by atoms with Crippen molar-refractivity contribution in [2.75, 3.05) is 20.1 Å². The zero-order valence-corrected chi connectivity index (χ0v) is 9.04. The van der Waals surface area contributed by atoms with Crippen LogP contribution in [0.2, 0.25) is 0 Å². The molecule has 3 heteroatoms. The van der Waals surface area contributed by atoms with Crippen LogP contribution < -0.4 is 5.32 Å². The van der Waals surface area contributed by atoms with Crippen LogP contribution in [-0.2, 0) is 6.54 Å². The van der Waals surface area contributed by atoms with Crippen LogP contribution in [0.25, 0.3) is 0 Å². The molecule has 1 aliphatic heterocycles. The molecule has 0 aliphatic carbocycles. The smallest absolute Gasteiger partial charge is 0.123 e. The molecule has 0 spiro atoms. The van der Waals surface area contributed by atoms with Gasteiger partial charge in [0, 0.05) is 19.1 Å². The summed E-state index contributed by atoms with van der Waals surface area (Å²) < 4.78 is 12.7. The first kappa shape index (κ1) is 10.6. The van der Waals surface area contributed by atoms with Crippen LogP contribution in [0.15, 0.2) is 24.3 Å². The number of likely N-dealkylation sites (tertiary alicyclic amines) is 1. The van der Waals surface area contributed by atoms with E-state index in [-0.39, 0.29) is 5.82 Å². The average Bonchev–Trinajstić information content (AvgIpc) is 2.64. The maximum absolute atomic E-state index is 12.7. The summed E-state index contributed by atoms with van der Waals surface area (Å²) in [6.45, 7) is 3.11. The highest BCUT2D eigenvalue weighted by Crippen LogP contribution is 2.08. The van der Waals surface area contributed by atoms with Gasteiger partial charge in [-0.1, -0.05) is 12.1 Å². The largest absolute Gasteiger partial charge is 0.309 e. The Balaban J connectivity index is 1.80. The minimum Gasteiger partial charge on any atom is -0.309 e. The standard InChI is InChI=1S/C12H17FN2/c1-15-7-6-12(9-15)14-8-10-2-4-11(13)5-3-10/h2-5,12,14H,6-9H2,1H3/t12-/m0/s1. The van der Waals surface area contributed by atoms with E-state index in [2.05, 4.69) is 17.3 Å². The van der Waals surface area contributed by atoms with Crippen LogP contribution in [0.4, 0.5) is 4.39 Å². The van der Waals surface area contributed by atoms with Gasteiger partial charge in [-0.15, -0.1) is 0 Å². The fourth-order valence-corrected chi connectivity index (χ4v) is 1.97. The van der Waals surface area contributed by atoms with Crippen molar-refractivity contribution >= 4 is 0 Å². The van der Waals surface area contributed by atoms with E-state index in [0.717, 1.165) is 18.7 Å². The zero-order chi connectivity index (χ0) is 10.7. The normalized spacial score (nSPS) is 22.1. The molecule has 1 saturated heterocycles. The molecule has 0 unspecified atom stereocenters. The Morgan fingerprint density at radius 2 is 2.13 bits per heavy atom. The molecule has 1 aromatic carbocycles. The van der Waals surface area contributed by atoms with Gasteiger partial charge in [-0.3, -0.25) is 0 Å². The van der Waals surface area contributed by atoms with E-state index in [4.69, 9.17) is 0 Å². The number of benzene rings is 1. The third kappa shape index (κ3) is 3.01. The highest BCUT2D eigenvalue weighted by molar-refractivity contribution is 5.15. The second-order valence-corrected chi connectivity index (χ2v) is 4.26. The quantitative estimate of drug-likeness (QED) is 0.812. The third-order valence-electron chi connectivity index (χ3n) is 2.90. The van der Waals surface area contributed by atoms with Crippen molar-refractivity contribution in [1.29, 1.82) is 0 Å². The molecule has 1 heterocycles. The molecule has 15 heavy (non-hydrogen) atoms. The molecule has 1 fully saturated rings. The number of nitrogens with zero attached hydrogens (tertiary/aromatic N) is 1. The molecule has 1 atom stereocenters. The van der Waals surface area contributed by atoms with Crippen LogP contribution in [0, 0.1) is 5.82 Å². The van der Waals surface area contributed by atoms with Gasteiger partial charge in [-0.05, 0) is 37.7 Å². The highest BCUT2D eigenvalue weighted by atomic mass is 19.1. The predicted molar refractivity (Wildman–Crippen MR) is 59.1 cm³/mol. The van der Waals surface area contributed by atoms with Crippen LogP contribution in [0.3, 0.4) is 0 Å². The first-order valence-electron chi connectivity index (χ1n) is 5.40. The summed E-state index contributed by atoms with van der Waals surface area (Å²) in [6.07, 6.45) is 1.21. The molecule has 1 N–H and O–H groups in total. The second-order valence-electron chi connectivity index (χ2n) is 4.26. The lowest BCUT2D eigenvalue weighted by Crippen LogP contribution is -2.30. The lowest BCUT2D eigenvalue weighted by molar-refractivity contribution is 0.397. The first-order valence-corrected chi connectivity index (χ1v) is 5.40. The van der Waals surface area contributed by atoms with Crippen molar-refractivity contribution in [3.8, 4) is 0 Å². The number of hydrogen-bond donors (Lipinski definition) is 1. The highest BCUT2D eigenvalue weighted by Gasteiger charge is 2.18. The van der Waals surface area contributed by atoms with E-state index in [1.54, 1.807) is 0 Å². The van der Waals surface area contributed by atoms with E-state index >= 15 is 0 Å². The zero-order valence-electron chi connectivity index (χ0n) is 9.04. The number of hydrogen-bond acceptors (Lipinski definition) is 2. The minimum atomic E-state index is -0.167. The van der Waals surface area contributed by atoms with Gasteiger partial charge in [0.25, 0.3) is 0 Å². The summed E-state index contributed by atoms with van der Waals surface area (Å²) in [4.78, 5) is 2.32. The van der Waals surface area contributed by atoms with Crippen molar-refractivity contribution in [3.05, 3.63) is 35.6 Å². The number of nitrogens with one attached hydrogen (secondary N) is 1. The van der Waals surface area contributed by atoms with Crippen LogP contribution in [0.1, 0.15) is 12.0 Å². The van der Waals surface area contributed by atoms with E-state index < -0.39 is 0 Å². The Labute approximate surface area is 90.1 Å². The van der Waals surface area contributed by atoms with Crippen molar-refractivity contribution < 1.29 is 4.39 Å². The summed E-state index contributed by atoms with van der Waals surface area (Å²) in [5, 5.41) is 3.48. The molecule has 82 valence electrons. The molecule has 1 aliphatic rings. The molecule has 1 aromatic rings. The Hall–Kier alpha value is -0.930. The van der Waals surface area contributed by atoms with Gasteiger partial charge in [0.05, 0.1) is 0 Å². The van der Waals surface area contributed by atoms with Crippen LogP contribution >= 0.6 is 0 Å². The van der Waals surface area contributed by atoms with Gasteiger partial charge in [-0.25, -0.2) is 4.39 Å². The summed E-state index contributed by atoms with van der Waals surface area (Å²) in [7, 11) is 2.14. The van der Waals surface area contributed by atoms with Crippen LogP contribution in [0.5, 0.6) is 0 Å². The number of halogens is 1.